The summed E-state index contributed by atoms with van der Waals surface area (Å²) in [7, 11) is -4.10. The zero-order valence-corrected chi connectivity index (χ0v) is 23.0. The Morgan fingerprint density at radius 2 is 1.61 bits per heavy atom. The average molecular weight is 572 g/mol. The van der Waals surface area contributed by atoms with Gasteiger partial charge in [0.15, 0.2) is 5.60 Å². The van der Waals surface area contributed by atoms with Crippen LogP contribution >= 0.6 is 0 Å². The highest BCUT2D eigenvalue weighted by molar-refractivity contribution is 7.92. The smallest absolute Gasteiger partial charge is 0.340 e. The maximum Gasteiger partial charge on any atom is 0.340 e. The van der Waals surface area contributed by atoms with Crippen LogP contribution in [0.2, 0.25) is 0 Å². The molecule has 41 heavy (non-hydrogen) atoms. The Morgan fingerprint density at radius 1 is 0.878 bits per heavy atom. The molecule has 4 aromatic rings. The van der Waals surface area contributed by atoms with Gasteiger partial charge in [-0.1, -0.05) is 18.2 Å². The topological polar surface area (TPSA) is 128 Å². The summed E-state index contributed by atoms with van der Waals surface area (Å²) in [6.07, 6.45) is 0. The molecule has 2 aliphatic heterocycles. The van der Waals surface area contributed by atoms with Gasteiger partial charge in [0.25, 0.3) is 15.7 Å². The highest BCUT2D eigenvalue weighted by Gasteiger charge is 2.53. The van der Waals surface area contributed by atoms with Crippen LogP contribution in [0.25, 0.3) is 0 Å². The third kappa shape index (κ3) is 4.16. The minimum absolute atomic E-state index is 0.140. The van der Waals surface area contributed by atoms with Gasteiger partial charge in [0.2, 0.25) is 0 Å². The molecule has 0 fully saturated rings. The zero-order chi connectivity index (χ0) is 28.9. The first-order valence-electron chi connectivity index (χ1n) is 13.0. The maximum atomic E-state index is 13.2. The third-order valence-electron chi connectivity index (χ3n) is 7.43. The number of non-ortho nitro benzene ring substituents is 1. The van der Waals surface area contributed by atoms with E-state index in [0.717, 1.165) is 30.9 Å². The summed E-state index contributed by atoms with van der Waals surface area (Å²) in [5.41, 5.74) is 1.69. The molecule has 1 unspecified atom stereocenters. The van der Waals surface area contributed by atoms with Crippen LogP contribution in [-0.4, -0.2) is 32.4 Å². The number of esters is 1. The number of anilines is 2. The van der Waals surface area contributed by atoms with Crippen molar-refractivity contribution < 1.29 is 27.6 Å². The maximum absolute atomic E-state index is 13.2. The molecule has 2 aliphatic rings. The molecule has 0 saturated heterocycles. The second-order valence-corrected chi connectivity index (χ2v) is 11.3. The van der Waals surface area contributed by atoms with E-state index in [0.29, 0.717) is 33.8 Å². The lowest BCUT2D eigenvalue weighted by atomic mass is 9.77. The zero-order valence-electron chi connectivity index (χ0n) is 22.2. The molecule has 0 aromatic heterocycles. The summed E-state index contributed by atoms with van der Waals surface area (Å²) >= 11 is 0. The van der Waals surface area contributed by atoms with Crippen molar-refractivity contribution in [3.8, 4) is 11.5 Å². The Morgan fingerprint density at radius 3 is 2.32 bits per heavy atom. The lowest BCUT2D eigenvalue weighted by molar-refractivity contribution is -0.384. The van der Waals surface area contributed by atoms with Crippen molar-refractivity contribution >= 4 is 33.1 Å². The van der Waals surface area contributed by atoms with Crippen LogP contribution in [0.3, 0.4) is 0 Å². The van der Waals surface area contributed by atoms with Crippen molar-refractivity contribution in [2.24, 2.45) is 0 Å². The van der Waals surface area contributed by atoms with E-state index in [1.165, 1.54) is 12.1 Å². The van der Waals surface area contributed by atoms with Gasteiger partial charge in [0, 0.05) is 59.4 Å². The standard InChI is InChI=1S/C30H25N3O7S/c1-3-32(4-2)21-12-15-25-28(18-21)39-27-16-9-19(31-41(37,38)22-13-10-20(11-14-22)33(35)36)17-26(27)30(25)24-8-6-5-7-23(24)29(34)40-30/h5-18,31H,3-4H2,1-2H3. The minimum atomic E-state index is -4.10. The molecule has 0 bridgehead atoms. The van der Waals surface area contributed by atoms with Crippen molar-refractivity contribution in [2.75, 3.05) is 22.7 Å². The summed E-state index contributed by atoms with van der Waals surface area (Å²) in [6, 6.07) is 22.2. The van der Waals surface area contributed by atoms with Gasteiger partial charge in [-0.25, -0.2) is 13.2 Å². The van der Waals surface area contributed by atoms with Crippen LogP contribution in [0.15, 0.2) is 89.8 Å². The van der Waals surface area contributed by atoms with Crippen molar-refractivity contribution in [3.05, 3.63) is 117 Å². The second-order valence-electron chi connectivity index (χ2n) is 9.64. The fourth-order valence-corrected chi connectivity index (χ4v) is 6.52. The Hall–Kier alpha value is -4.90. The van der Waals surface area contributed by atoms with E-state index in [4.69, 9.17) is 9.47 Å². The van der Waals surface area contributed by atoms with Gasteiger partial charge in [0.1, 0.15) is 11.5 Å². The largest absolute Gasteiger partial charge is 0.456 e. The van der Waals surface area contributed by atoms with E-state index in [9.17, 15) is 23.3 Å². The first-order valence-corrected chi connectivity index (χ1v) is 14.5. The Bertz CT molecular complexity index is 1820. The van der Waals surface area contributed by atoms with E-state index in [2.05, 4.69) is 23.5 Å². The molecule has 1 N–H and O–H groups in total. The predicted molar refractivity (Wildman–Crippen MR) is 152 cm³/mol. The number of nitrogens with one attached hydrogen (secondary N) is 1. The van der Waals surface area contributed by atoms with Crippen LogP contribution < -0.4 is 14.4 Å². The molecule has 0 amide bonds. The molecule has 10 nitrogen and oxygen atoms in total. The number of hydrogen-bond donors (Lipinski definition) is 1. The number of benzene rings is 4. The molecular weight excluding hydrogens is 546 g/mol. The highest BCUT2D eigenvalue weighted by Crippen LogP contribution is 2.57. The molecule has 208 valence electrons. The molecule has 0 saturated carbocycles. The molecular formula is C30H25N3O7S. The first kappa shape index (κ1) is 26.3. The molecule has 2 heterocycles. The Balaban J connectivity index is 1.48. The summed E-state index contributed by atoms with van der Waals surface area (Å²) < 4.78 is 41.4. The van der Waals surface area contributed by atoms with Crippen molar-refractivity contribution in [2.45, 2.75) is 24.3 Å². The van der Waals surface area contributed by atoms with Crippen LogP contribution in [0.1, 0.15) is 40.9 Å². The minimum Gasteiger partial charge on any atom is -0.456 e. The van der Waals surface area contributed by atoms with Gasteiger partial charge in [-0.3, -0.25) is 14.8 Å². The van der Waals surface area contributed by atoms with Crippen LogP contribution in [0, 0.1) is 10.1 Å². The molecule has 1 spiro atoms. The fourth-order valence-electron chi connectivity index (χ4n) is 5.47. The number of fused-ring (bicyclic) bond motifs is 6. The molecule has 11 heteroatoms. The molecule has 1 atom stereocenters. The summed E-state index contributed by atoms with van der Waals surface area (Å²) in [5.74, 6) is 0.451. The van der Waals surface area contributed by atoms with Gasteiger partial charge >= 0.3 is 5.97 Å². The monoisotopic (exact) mass is 571 g/mol. The van der Waals surface area contributed by atoms with Crippen LogP contribution in [-0.2, 0) is 20.4 Å². The number of ether oxygens (including phenoxy) is 2. The Labute approximate surface area is 236 Å². The van der Waals surface area contributed by atoms with E-state index in [1.54, 1.807) is 30.3 Å². The van der Waals surface area contributed by atoms with E-state index < -0.39 is 26.5 Å². The number of nitrogens with zero attached hydrogens (tertiary/aromatic N) is 2. The van der Waals surface area contributed by atoms with Crippen LogP contribution in [0.5, 0.6) is 11.5 Å². The number of nitro groups is 1. The third-order valence-corrected chi connectivity index (χ3v) is 8.83. The first-order chi connectivity index (χ1) is 19.7. The number of rotatable bonds is 7. The van der Waals surface area contributed by atoms with Gasteiger partial charge in [-0.15, -0.1) is 0 Å². The van der Waals surface area contributed by atoms with Gasteiger partial charge in [0.05, 0.1) is 15.4 Å². The predicted octanol–water partition coefficient (Wildman–Crippen LogP) is 5.81. The van der Waals surface area contributed by atoms with Crippen molar-refractivity contribution in [3.63, 3.8) is 0 Å². The Kier molecular flexibility index (Phi) is 6.18. The highest BCUT2D eigenvalue weighted by atomic mass is 32.2. The second kappa shape index (κ2) is 9.63. The number of hydrogen-bond acceptors (Lipinski definition) is 8. The molecule has 0 radical (unpaired) electrons. The molecule has 4 aromatic carbocycles. The van der Waals surface area contributed by atoms with E-state index in [-0.39, 0.29) is 16.3 Å². The van der Waals surface area contributed by atoms with E-state index >= 15 is 0 Å². The quantitative estimate of drug-likeness (QED) is 0.167. The number of sulfonamides is 1. The van der Waals surface area contributed by atoms with Gasteiger partial charge in [-0.2, -0.15) is 0 Å². The van der Waals surface area contributed by atoms with Crippen molar-refractivity contribution in [1.29, 1.82) is 0 Å². The lowest BCUT2D eigenvalue weighted by Crippen LogP contribution is -2.33. The number of nitro benzene ring substituents is 1. The van der Waals surface area contributed by atoms with Crippen molar-refractivity contribution in [1.82, 2.24) is 0 Å². The van der Waals surface area contributed by atoms with E-state index in [1.807, 2.05) is 30.3 Å². The SMILES string of the molecule is CCN(CC)c1ccc2c(c1)Oc1ccc(NS(=O)(=O)c3ccc([N+](=O)[O-])cc3)cc1C21OC(=O)c2ccccc21. The molecule has 6 rings (SSSR count). The van der Waals surface area contributed by atoms with Gasteiger partial charge in [-0.05, 0) is 62.4 Å². The average Bonchev–Trinajstić information content (AvgIpc) is 3.26. The summed E-state index contributed by atoms with van der Waals surface area (Å²) in [4.78, 5) is 25.6. The normalized spacial score (nSPS) is 16.7. The molecule has 0 aliphatic carbocycles. The number of carbonyl (C=O) groups excluding carboxylic acids is 1. The summed E-state index contributed by atoms with van der Waals surface area (Å²) in [5, 5.41) is 11.0. The fraction of sp³-hybridized carbons (Fsp3) is 0.167. The van der Waals surface area contributed by atoms with Gasteiger partial charge < -0.3 is 14.4 Å². The lowest BCUT2D eigenvalue weighted by Gasteiger charge is -2.37. The van der Waals surface area contributed by atoms with Crippen LogP contribution in [0.4, 0.5) is 17.1 Å². The number of carbonyl (C=O) groups is 1. The summed E-state index contributed by atoms with van der Waals surface area (Å²) in [6.45, 7) is 5.73.